The molecule has 3 nitrogen and oxygen atoms in total. The number of amides is 1. The molecule has 1 amide bonds. The molecule has 4 heteroatoms. The van der Waals surface area contributed by atoms with E-state index >= 15 is 0 Å². The molecule has 0 aromatic carbocycles. The molecule has 0 aliphatic carbocycles. The fourth-order valence-electron chi connectivity index (χ4n) is 1.56. The van der Waals surface area contributed by atoms with Gasteiger partial charge in [-0.2, -0.15) is 0 Å². The van der Waals surface area contributed by atoms with E-state index in [0.29, 0.717) is 0 Å². The highest BCUT2D eigenvalue weighted by atomic mass is 32.2. The van der Waals surface area contributed by atoms with Gasteiger partial charge in [0.25, 0.3) is 0 Å². The monoisotopic (exact) mass is 216 g/mol. The quantitative estimate of drug-likeness (QED) is 0.765. The van der Waals surface area contributed by atoms with E-state index in [1.807, 2.05) is 18.7 Å². The molecule has 82 valence electrons. The Labute approximate surface area is 90.4 Å². The van der Waals surface area contributed by atoms with Gasteiger partial charge in [-0.3, -0.25) is 4.79 Å². The van der Waals surface area contributed by atoms with Crippen molar-refractivity contribution in [3.63, 3.8) is 0 Å². The molecule has 0 aromatic heterocycles. The first-order valence-corrected chi connectivity index (χ1v) is 6.32. The van der Waals surface area contributed by atoms with E-state index in [4.69, 9.17) is 5.73 Å². The maximum atomic E-state index is 11.8. The summed E-state index contributed by atoms with van der Waals surface area (Å²) < 4.78 is 0. The van der Waals surface area contributed by atoms with Crippen molar-refractivity contribution in [2.75, 3.05) is 18.8 Å². The van der Waals surface area contributed by atoms with Gasteiger partial charge in [0.1, 0.15) is 0 Å². The molecule has 0 radical (unpaired) electrons. The molecule has 0 saturated carbocycles. The third-order valence-electron chi connectivity index (χ3n) is 2.37. The first-order valence-electron chi connectivity index (χ1n) is 5.27. The zero-order valence-corrected chi connectivity index (χ0v) is 9.85. The molecule has 2 N–H and O–H groups in total. The summed E-state index contributed by atoms with van der Waals surface area (Å²) in [5, 5.41) is 0.0686. The second-order valence-electron chi connectivity index (χ2n) is 3.99. The summed E-state index contributed by atoms with van der Waals surface area (Å²) in [6.07, 6.45) is 2.33. The molecule has 1 saturated heterocycles. The Kier molecular flexibility index (Phi) is 4.75. The Morgan fingerprint density at radius 3 is 2.50 bits per heavy atom. The van der Waals surface area contributed by atoms with Crippen molar-refractivity contribution in [3.05, 3.63) is 0 Å². The number of carbonyl (C=O) groups excluding carboxylic acids is 1. The Bertz CT molecular complexity index is 191. The van der Waals surface area contributed by atoms with Crippen molar-refractivity contribution < 1.29 is 4.79 Å². The van der Waals surface area contributed by atoms with E-state index in [2.05, 4.69) is 0 Å². The number of carbonyl (C=O) groups is 1. The van der Waals surface area contributed by atoms with E-state index in [9.17, 15) is 4.79 Å². The lowest BCUT2D eigenvalue weighted by molar-refractivity contribution is -0.129. The highest BCUT2D eigenvalue weighted by Gasteiger charge is 2.23. The predicted molar refractivity (Wildman–Crippen MR) is 61.4 cm³/mol. The van der Waals surface area contributed by atoms with Crippen LogP contribution in [0, 0.1) is 0 Å². The maximum Gasteiger partial charge on any atom is 0.235 e. The first-order chi connectivity index (χ1) is 6.61. The first kappa shape index (κ1) is 11.9. The molecule has 1 aliphatic heterocycles. The van der Waals surface area contributed by atoms with Gasteiger partial charge >= 0.3 is 0 Å². The summed E-state index contributed by atoms with van der Waals surface area (Å²) >= 11 is 1.66. The van der Waals surface area contributed by atoms with Crippen LogP contribution < -0.4 is 5.73 Å². The molecule has 14 heavy (non-hydrogen) atoms. The van der Waals surface area contributed by atoms with Crippen LogP contribution in [0.4, 0.5) is 0 Å². The van der Waals surface area contributed by atoms with Gasteiger partial charge in [0.2, 0.25) is 5.91 Å². The molecule has 0 aromatic rings. The normalized spacial score (nSPS) is 20.9. The summed E-state index contributed by atoms with van der Waals surface area (Å²) in [6.45, 7) is 5.84. The molecular weight excluding hydrogens is 196 g/mol. The van der Waals surface area contributed by atoms with Gasteiger partial charge in [-0.05, 0) is 26.7 Å². The van der Waals surface area contributed by atoms with Gasteiger partial charge in [-0.25, -0.2) is 0 Å². The van der Waals surface area contributed by atoms with Crippen LogP contribution in [0.15, 0.2) is 0 Å². The zero-order chi connectivity index (χ0) is 10.6. The lowest BCUT2D eigenvalue weighted by Gasteiger charge is -2.20. The zero-order valence-electron chi connectivity index (χ0n) is 9.03. The number of likely N-dealkylation sites (tertiary alicyclic amines) is 1. The number of thioether (sulfide) groups is 1. The lowest BCUT2D eigenvalue weighted by atomic mass is 10.4. The fourth-order valence-corrected chi connectivity index (χ4v) is 2.45. The minimum atomic E-state index is 0.0686. The molecule has 1 fully saturated rings. The van der Waals surface area contributed by atoms with E-state index < -0.39 is 0 Å². The van der Waals surface area contributed by atoms with E-state index in [0.717, 1.165) is 31.7 Å². The average molecular weight is 216 g/mol. The van der Waals surface area contributed by atoms with Crippen molar-refractivity contribution >= 4 is 17.7 Å². The summed E-state index contributed by atoms with van der Waals surface area (Å²) in [5.41, 5.74) is 5.65. The lowest BCUT2D eigenvalue weighted by Crippen LogP contribution is -2.35. The Hall–Kier alpha value is -0.220. The highest BCUT2D eigenvalue weighted by molar-refractivity contribution is 8.00. The predicted octanol–water partition coefficient (Wildman–Crippen LogP) is 1.08. The third kappa shape index (κ3) is 3.50. The highest BCUT2D eigenvalue weighted by Crippen LogP contribution is 2.17. The van der Waals surface area contributed by atoms with Crippen molar-refractivity contribution in [1.29, 1.82) is 0 Å². The number of hydrogen-bond donors (Lipinski definition) is 1. The molecule has 1 heterocycles. The minimum absolute atomic E-state index is 0.0686. The van der Waals surface area contributed by atoms with E-state index in [1.165, 1.54) is 0 Å². The molecule has 1 aliphatic rings. The minimum Gasteiger partial charge on any atom is -0.342 e. The Morgan fingerprint density at radius 2 is 2.00 bits per heavy atom. The smallest absolute Gasteiger partial charge is 0.235 e. The molecule has 0 spiro atoms. The maximum absolute atomic E-state index is 11.8. The second kappa shape index (κ2) is 5.61. The standard InChI is InChI=1S/C10H20N2OS/c1-8(11)7-14-9(2)10(13)12-5-3-4-6-12/h8-9H,3-7,11H2,1-2H3. The number of nitrogens with two attached hydrogens (primary N) is 1. The average Bonchev–Trinajstić information content (AvgIpc) is 2.65. The molecule has 1 rings (SSSR count). The molecule has 0 bridgehead atoms. The topological polar surface area (TPSA) is 46.3 Å². The number of rotatable bonds is 4. The van der Waals surface area contributed by atoms with Crippen LogP contribution in [0.2, 0.25) is 0 Å². The summed E-state index contributed by atoms with van der Waals surface area (Å²) in [7, 11) is 0. The van der Waals surface area contributed by atoms with Gasteiger partial charge in [0.05, 0.1) is 5.25 Å². The van der Waals surface area contributed by atoms with Crippen LogP contribution in [-0.4, -0.2) is 40.9 Å². The van der Waals surface area contributed by atoms with Crippen molar-refractivity contribution in [2.24, 2.45) is 5.73 Å². The van der Waals surface area contributed by atoms with Crippen LogP contribution >= 0.6 is 11.8 Å². The molecular formula is C10H20N2OS. The Morgan fingerprint density at radius 1 is 1.43 bits per heavy atom. The van der Waals surface area contributed by atoms with Crippen LogP contribution in [0.5, 0.6) is 0 Å². The second-order valence-corrected chi connectivity index (χ2v) is 5.36. The Balaban J connectivity index is 2.28. The van der Waals surface area contributed by atoms with Gasteiger partial charge in [-0.1, -0.05) is 0 Å². The van der Waals surface area contributed by atoms with E-state index in [-0.39, 0.29) is 17.2 Å². The molecule has 2 unspecified atom stereocenters. The van der Waals surface area contributed by atoms with Gasteiger partial charge in [0.15, 0.2) is 0 Å². The number of nitrogens with zero attached hydrogens (tertiary/aromatic N) is 1. The van der Waals surface area contributed by atoms with Gasteiger partial charge in [0, 0.05) is 24.9 Å². The SMILES string of the molecule is CC(N)CSC(C)C(=O)N1CCCC1. The summed E-state index contributed by atoms with van der Waals surface area (Å²) in [6, 6.07) is 0.175. The van der Waals surface area contributed by atoms with Crippen molar-refractivity contribution in [2.45, 2.75) is 38.0 Å². The van der Waals surface area contributed by atoms with Crippen LogP contribution in [0.1, 0.15) is 26.7 Å². The largest absolute Gasteiger partial charge is 0.342 e. The van der Waals surface area contributed by atoms with Gasteiger partial charge in [-0.15, -0.1) is 11.8 Å². The summed E-state index contributed by atoms with van der Waals surface area (Å²) in [5.74, 6) is 1.15. The van der Waals surface area contributed by atoms with Crippen molar-refractivity contribution in [1.82, 2.24) is 4.90 Å². The third-order valence-corrected chi connectivity index (χ3v) is 3.79. The fraction of sp³-hybridized carbons (Fsp3) is 0.900. The van der Waals surface area contributed by atoms with Gasteiger partial charge < -0.3 is 10.6 Å². The van der Waals surface area contributed by atoms with Crippen LogP contribution in [-0.2, 0) is 4.79 Å². The summed E-state index contributed by atoms with van der Waals surface area (Å²) in [4.78, 5) is 13.8. The van der Waals surface area contributed by atoms with Crippen molar-refractivity contribution in [3.8, 4) is 0 Å². The number of hydrogen-bond acceptors (Lipinski definition) is 3. The van der Waals surface area contributed by atoms with E-state index in [1.54, 1.807) is 11.8 Å². The van der Waals surface area contributed by atoms with Crippen LogP contribution in [0.3, 0.4) is 0 Å². The molecule has 2 atom stereocenters. The van der Waals surface area contributed by atoms with Crippen LogP contribution in [0.25, 0.3) is 0 Å².